The van der Waals surface area contributed by atoms with Crippen LogP contribution in [0.25, 0.3) is 132 Å². The Labute approximate surface area is 453 Å². The normalized spacial score (nSPS) is 11.6. The van der Waals surface area contributed by atoms with Gasteiger partial charge in [0.1, 0.15) is 0 Å². The van der Waals surface area contributed by atoms with Gasteiger partial charge in [0, 0.05) is 19.5 Å². The average molecular weight is 1000 g/mol. The van der Waals surface area contributed by atoms with Crippen molar-refractivity contribution in [3.63, 3.8) is 0 Å². The highest BCUT2D eigenvalue weighted by atomic mass is 32.1. The van der Waals surface area contributed by atoms with Crippen molar-refractivity contribution in [2.75, 3.05) is 0 Å². The van der Waals surface area contributed by atoms with E-state index >= 15 is 0 Å². The lowest BCUT2D eigenvalue weighted by Gasteiger charge is -2.20. The zero-order valence-corrected chi connectivity index (χ0v) is 43.3. The van der Waals surface area contributed by atoms with Crippen LogP contribution in [0.3, 0.4) is 0 Å². The molecule has 0 radical (unpaired) electrons. The largest absolute Gasteiger partial charge is 0.135 e. The van der Waals surface area contributed by atoms with E-state index in [2.05, 4.69) is 303 Å². The summed E-state index contributed by atoms with van der Waals surface area (Å²) in [5, 5.41) is 4.85. The van der Waals surface area contributed by atoms with Crippen molar-refractivity contribution >= 4 is 68.5 Å². The smallest absolute Gasteiger partial charge is 0.0349 e. The first kappa shape index (κ1) is 46.6. The molecule has 0 atom stereocenters. The molecule has 0 unspecified atom stereocenters. The number of rotatable bonds is 12. The zero-order valence-electron chi connectivity index (χ0n) is 41.7. The van der Waals surface area contributed by atoms with Crippen LogP contribution in [0.5, 0.6) is 0 Å². The van der Waals surface area contributed by atoms with E-state index in [1.54, 1.807) is 0 Å². The van der Waals surface area contributed by atoms with Crippen molar-refractivity contribution in [1.29, 1.82) is 0 Å². The second-order valence-electron chi connectivity index (χ2n) is 19.2. The Balaban J connectivity index is 1.03. The SMILES string of the molecule is C(=Cc1cccc(-c2ccc3c(-c4cccc(-c5ccc(-c6ccccc6)s5)c4)c4cc(-c5cccc(C=Cc6ccccc6)c5)ccc4c(-c4cccc(-c5ccc(-c6ccccc6)s5)c4)c3c2)c1)c1ccccc1. The van der Waals surface area contributed by atoms with Crippen LogP contribution in [0.1, 0.15) is 22.3 Å². The summed E-state index contributed by atoms with van der Waals surface area (Å²) in [6.07, 6.45) is 8.81. The molecule has 0 bridgehead atoms. The molecule has 76 heavy (non-hydrogen) atoms. The lowest BCUT2D eigenvalue weighted by atomic mass is 9.83. The molecule has 0 N–H and O–H groups in total. The van der Waals surface area contributed by atoms with Gasteiger partial charge in [0.25, 0.3) is 0 Å². The highest BCUT2D eigenvalue weighted by molar-refractivity contribution is 7.19. The zero-order chi connectivity index (χ0) is 50.6. The van der Waals surface area contributed by atoms with E-state index in [-0.39, 0.29) is 0 Å². The first-order chi connectivity index (χ1) is 37.6. The molecular weight excluding hydrogens is 953 g/mol. The summed E-state index contributed by atoms with van der Waals surface area (Å²) in [4.78, 5) is 5.02. The predicted octanol–water partition coefficient (Wildman–Crippen LogP) is 21.8. The van der Waals surface area contributed by atoms with Crippen molar-refractivity contribution in [2.24, 2.45) is 0 Å². The Bertz CT molecular complexity index is 3970. The monoisotopic (exact) mass is 1000 g/mol. The minimum Gasteiger partial charge on any atom is -0.135 e. The summed E-state index contributed by atoms with van der Waals surface area (Å²) in [6, 6.07) is 102. The van der Waals surface area contributed by atoms with Crippen LogP contribution in [-0.4, -0.2) is 0 Å². The molecule has 0 spiro atoms. The minimum absolute atomic E-state index is 1.16. The number of benzene rings is 11. The van der Waals surface area contributed by atoms with E-state index in [0.717, 1.165) is 11.1 Å². The lowest BCUT2D eigenvalue weighted by Crippen LogP contribution is -1.93. The van der Waals surface area contributed by atoms with Gasteiger partial charge in [0.2, 0.25) is 0 Å². The molecule has 0 aliphatic carbocycles. The van der Waals surface area contributed by atoms with Gasteiger partial charge in [-0.1, -0.05) is 243 Å². The highest BCUT2D eigenvalue weighted by Gasteiger charge is 2.20. The molecule has 0 aliphatic rings. The highest BCUT2D eigenvalue weighted by Crippen LogP contribution is 2.48. The Morgan fingerprint density at radius 3 is 0.908 bits per heavy atom. The van der Waals surface area contributed by atoms with Gasteiger partial charge in [0.15, 0.2) is 0 Å². The molecule has 2 aromatic heterocycles. The summed E-state index contributed by atoms with van der Waals surface area (Å²) in [5.74, 6) is 0. The maximum atomic E-state index is 2.45. The first-order valence-electron chi connectivity index (χ1n) is 25.9. The van der Waals surface area contributed by atoms with Gasteiger partial charge in [-0.25, -0.2) is 0 Å². The molecule has 358 valence electrons. The van der Waals surface area contributed by atoms with Crippen LogP contribution in [0.2, 0.25) is 0 Å². The second-order valence-corrected chi connectivity index (χ2v) is 21.4. The third-order valence-corrected chi connectivity index (χ3v) is 16.7. The predicted molar refractivity (Wildman–Crippen MR) is 331 cm³/mol. The third-order valence-electron chi connectivity index (χ3n) is 14.3. The van der Waals surface area contributed by atoms with Gasteiger partial charge < -0.3 is 0 Å². The molecule has 0 aliphatic heterocycles. The molecule has 0 saturated carbocycles. The van der Waals surface area contributed by atoms with Gasteiger partial charge in [-0.2, -0.15) is 0 Å². The maximum absolute atomic E-state index is 2.45. The summed E-state index contributed by atoms with van der Waals surface area (Å²) in [7, 11) is 0. The average Bonchev–Trinajstić information content (AvgIpc) is 4.21. The molecule has 13 rings (SSSR count). The maximum Gasteiger partial charge on any atom is 0.0349 e. The quantitative estimate of drug-likeness (QED) is 0.0845. The van der Waals surface area contributed by atoms with E-state index in [4.69, 9.17) is 0 Å². The van der Waals surface area contributed by atoms with Crippen LogP contribution < -0.4 is 0 Å². The fraction of sp³-hybridized carbons (Fsp3) is 0. The van der Waals surface area contributed by atoms with Crippen molar-refractivity contribution in [2.45, 2.75) is 0 Å². The van der Waals surface area contributed by atoms with Gasteiger partial charge >= 0.3 is 0 Å². The van der Waals surface area contributed by atoms with Gasteiger partial charge in [-0.05, 0) is 171 Å². The summed E-state index contributed by atoms with van der Waals surface area (Å²) < 4.78 is 0. The summed E-state index contributed by atoms with van der Waals surface area (Å²) in [6.45, 7) is 0. The Kier molecular flexibility index (Phi) is 12.9. The van der Waals surface area contributed by atoms with Crippen molar-refractivity contribution < 1.29 is 0 Å². The molecule has 11 aromatic carbocycles. The molecule has 0 amide bonds. The Morgan fingerprint density at radius 1 is 0.184 bits per heavy atom. The summed E-state index contributed by atoms with van der Waals surface area (Å²) >= 11 is 3.69. The second kappa shape index (κ2) is 21.0. The summed E-state index contributed by atoms with van der Waals surface area (Å²) in [5.41, 5.74) is 19.1. The van der Waals surface area contributed by atoms with Crippen LogP contribution in [-0.2, 0) is 0 Å². The van der Waals surface area contributed by atoms with E-state index in [9.17, 15) is 0 Å². The molecular formula is C74H50S2. The lowest BCUT2D eigenvalue weighted by molar-refractivity contribution is 1.60. The van der Waals surface area contributed by atoms with Crippen molar-refractivity contribution in [3.8, 4) is 86.3 Å². The van der Waals surface area contributed by atoms with Gasteiger partial charge in [0.05, 0.1) is 0 Å². The Hall–Kier alpha value is -9.18. The topological polar surface area (TPSA) is 0 Å². The number of fused-ring (bicyclic) bond motifs is 2. The molecule has 2 heterocycles. The van der Waals surface area contributed by atoms with Crippen molar-refractivity contribution in [3.05, 3.63) is 301 Å². The molecule has 0 nitrogen and oxygen atoms in total. The molecule has 0 fully saturated rings. The van der Waals surface area contributed by atoms with E-state index in [1.165, 1.54) is 119 Å². The number of thiophene rings is 2. The molecule has 13 aromatic rings. The Morgan fingerprint density at radius 2 is 0.487 bits per heavy atom. The van der Waals surface area contributed by atoms with E-state index in [1.807, 2.05) is 22.7 Å². The van der Waals surface area contributed by atoms with Gasteiger partial charge in [-0.3, -0.25) is 0 Å². The number of hydrogen-bond donors (Lipinski definition) is 0. The molecule has 2 heteroatoms. The van der Waals surface area contributed by atoms with Crippen LogP contribution in [0.4, 0.5) is 0 Å². The fourth-order valence-electron chi connectivity index (χ4n) is 10.5. The van der Waals surface area contributed by atoms with E-state index in [0.29, 0.717) is 0 Å². The van der Waals surface area contributed by atoms with Crippen LogP contribution in [0.15, 0.2) is 279 Å². The van der Waals surface area contributed by atoms with Gasteiger partial charge in [-0.15, -0.1) is 22.7 Å². The molecule has 0 saturated heterocycles. The van der Waals surface area contributed by atoms with Crippen molar-refractivity contribution in [1.82, 2.24) is 0 Å². The van der Waals surface area contributed by atoms with Crippen LogP contribution >= 0.6 is 22.7 Å². The van der Waals surface area contributed by atoms with E-state index < -0.39 is 0 Å². The first-order valence-corrected chi connectivity index (χ1v) is 27.5. The third kappa shape index (κ3) is 9.72. The number of hydrogen-bond acceptors (Lipinski definition) is 2. The van der Waals surface area contributed by atoms with Crippen LogP contribution in [0, 0.1) is 0 Å². The fourth-order valence-corrected chi connectivity index (χ4v) is 12.5. The standard InChI is InChI=1S/C74H50S2/c1-5-17-51(18-6-1)33-35-53-21-13-27-57(45-53)59-37-39-65-67(49-59)73(63-31-15-29-61(47-63)71-43-41-69(75-71)55-23-9-3-10-24-55)66-40-38-60(58-28-14-22-54(46-58)36-34-52-19-7-2-8-20-52)50-68(66)74(65)64-32-16-30-62(48-64)72-44-42-70(76-72)56-25-11-4-12-26-56/h1-50H. The minimum atomic E-state index is 1.16.